The first kappa shape index (κ1) is 23.0. The number of nitrogens with zero attached hydrogens (tertiary/aromatic N) is 1. The van der Waals surface area contributed by atoms with E-state index in [2.05, 4.69) is 5.32 Å². The Balaban J connectivity index is 1.80. The number of nitrogens with one attached hydrogen (secondary N) is 1. The van der Waals surface area contributed by atoms with Gasteiger partial charge in [-0.25, -0.2) is 0 Å². The fourth-order valence-electron chi connectivity index (χ4n) is 2.60. The molecule has 3 rings (SSSR count). The number of hydrogen-bond donors (Lipinski definition) is 1. The van der Waals surface area contributed by atoms with E-state index in [1.165, 1.54) is 12.1 Å². The lowest BCUT2D eigenvalue weighted by atomic mass is 10.1. The molecule has 0 saturated carbocycles. The second-order valence-electron chi connectivity index (χ2n) is 6.32. The average Bonchev–Trinajstić information content (AvgIpc) is 2.74. The van der Waals surface area contributed by atoms with Gasteiger partial charge in [0.15, 0.2) is 0 Å². The predicted octanol–water partition coefficient (Wildman–Crippen LogP) is 7.42. The van der Waals surface area contributed by atoms with E-state index >= 15 is 0 Å². The maximum atomic E-state index is 12.6. The number of para-hydroxylation sites is 1. The second-order valence-corrected chi connectivity index (χ2v) is 7.97. The van der Waals surface area contributed by atoms with Gasteiger partial charge in [0, 0.05) is 26.9 Å². The zero-order valence-electron chi connectivity index (χ0n) is 15.8. The SMILES string of the molecule is N#C/C(=C\c1ccccc1OCc1ccc(Cl)cc1Cl)C(=O)Nc1ccc(Cl)c(Cl)c1. The van der Waals surface area contributed by atoms with E-state index in [0.29, 0.717) is 37.1 Å². The summed E-state index contributed by atoms with van der Waals surface area (Å²) in [4.78, 5) is 12.6. The summed E-state index contributed by atoms with van der Waals surface area (Å²) < 4.78 is 5.87. The van der Waals surface area contributed by atoms with Crippen LogP contribution in [0.1, 0.15) is 11.1 Å². The first-order valence-electron chi connectivity index (χ1n) is 8.91. The molecule has 31 heavy (non-hydrogen) atoms. The first-order chi connectivity index (χ1) is 14.9. The highest BCUT2D eigenvalue weighted by molar-refractivity contribution is 6.42. The van der Waals surface area contributed by atoms with E-state index in [4.69, 9.17) is 51.1 Å². The van der Waals surface area contributed by atoms with E-state index in [1.807, 2.05) is 6.07 Å². The number of ether oxygens (including phenoxy) is 1. The normalized spacial score (nSPS) is 11.0. The van der Waals surface area contributed by atoms with Crippen molar-refractivity contribution in [1.82, 2.24) is 0 Å². The summed E-state index contributed by atoms with van der Waals surface area (Å²) in [5, 5.41) is 13.8. The van der Waals surface area contributed by atoms with Crippen molar-refractivity contribution < 1.29 is 9.53 Å². The highest BCUT2D eigenvalue weighted by Crippen LogP contribution is 2.27. The van der Waals surface area contributed by atoms with Crippen molar-refractivity contribution in [1.29, 1.82) is 5.26 Å². The molecule has 0 saturated heterocycles. The fraction of sp³-hybridized carbons (Fsp3) is 0.0435. The summed E-state index contributed by atoms with van der Waals surface area (Å²) >= 11 is 24.0. The van der Waals surface area contributed by atoms with Crippen LogP contribution in [0.3, 0.4) is 0 Å². The van der Waals surface area contributed by atoms with Gasteiger partial charge in [0.1, 0.15) is 24.0 Å². The molecule has 8 heteroatoms. The number of benzene rings is 3. The lowest BCUT2D eigenvalue weighted by molar-refractivity contribution is -0.112. The zero-order chi connectivity index (χ0) is 22.4. The Labute approximate surface area is 199 Å². The minimum atomic E-state index is -0.587. The third-order valence-electron chi connectivity index (χ3n) is 4.16. The van der Waals surface area contributed by atoms with Crippen LogP contribution in [0.5, 0.6) is 5.75 Å². The number of anilines is 1. The van der Waals surface area contributed by atoms with E-state index < -0.39 is 5.91 Å². The predicted molar refractivity (Wildman–Crippen MR) is 126 cm³/mol. The molecule has 4 nitrogen and oxygen atoms in total. The number of hydrogen-bond acceptors (Lipinski definition) is 3. The Morgan fingerprint density at radius 3 is 2.45 bits per heavy atom. The third kappa shape index (κ3) is 6.16. The van der Waals surface area contributed by atoms with Crippen LogP contribution >= 0.6 is 46.4 Å². The van der Waals surface area contributed by atoms with Gasteiger partial charge in [-0.15, -0.1) is 0 Å². The van der Waals surface area contributed by atoms with E-state index in [0.717, 1.165) is 5.56 Å². The first-order valence-corrected chi connectivity index (χ1v) is 10.4. The lowest BCUT2D eigenvalue weighted by Crippen LogP contribution is -2.13. The Morgan fingerprint density at radius 2 is 1.74 bits per heavy atom. The maximum absolute atomic E-state index is 12.6. The molecule has 0 atom stereocenters. The smallest absolute Gasteiger partial charge is 0.266 e. The molecule has 1 amide bonds. The molecule has 0 spiro atoms. The van der Waals surface area contributed by atoms with Crippen LogP contribution in [-0.4, -0.2) is 5.91 Å². The van der Waals surface area contributed by atoms with Crippen LogP contribution < -0.4 is 10.1 Å². The van der Waals surface area contributed by atoms with E-state index in [-0.39, 0.29) is 12.2 Å². The lowest BCUT2D eigenvalue weighted by Gasteiger charge is -2.11. The van der Waals surface area contributed by atoms with Gasteiger partial charge in [-0.1, -0.05) is 70.7 Å². The molecule has 0 aliphatic carbocycles. The number of rotatable bonds is 6. The van der Waals surface area contributed by atoms with Crippen molar-refractivity contribution in [2.45, 2.75) is 6.61 Å². The van der Waals surface area contributed by atoms with Crippen LogP contribution in [-0.2, 0) is 11.4 Å². The maximum Gasteiger partial charge on any atom is 0.266 e. The highest BCUT2D eigenvalue weighted by Gasteiger charge is 2.12. The van der Waals surface area contributed by atoms with E-state index in [1.54, 1.807) is 54.6 Å². The number of nitriles is 1. The molecule has 0 unspecified atom stereocenters. The Kier molecular flexibility index (Phi) is 7.84. The van der Waals surface area contributed by atoms with Crippen molar-refractivity contribution in [2.24, 2.45) is 0 Å². The van der Waals surface area contributed by atoms with Gasteiger partial charge in [0.2, 0.25) is 0 Å². The number of amides is 1. The summed E-state index contributed by atoms with van der Waals surface area (Å²) in [5.74, 6) is -0.0972. The summed E-state index contributed by atoms with van der Waals surface area (Å²) in [6, 6.07) is 18.7. The molecular formula is C23H14Cl4N2O2. The molecule has 0 aliphatic rings. The summed E-state index contributed by atoms with van der Waals surface area (Å²) in [7, 11) is 0. The zero-order valence-corrected chi connectivity index (χ0v) is 18.9. The van der Waals surface area contributed by atoms with Gasteiger partial charge >= 0.3 is 0 Å². The molecule has 0 aliphatic heterocycles. The summed E-state index contributed by atoms with van der Waals surface area (Å²) in [5.41, 5.74) is 1.63. The number of carbonyl (C=O) groups excluding carboxylic acids is 1. The molecule has 0 bridgehead atoms. The number of halogens is 4. The Hall–Kier alpha value is -2.68. The van der Waals surface area contributed by atoms with Gasteiger partial charge in [0.05, 0.1) is 10.0 Å². The molecule has 0 heterocycles. The Morgan fingerprint density at radius 1 is 0.968 bits per heavy atom. The minimum absolute atomic E-state index is 0.105. The van der Waals surface area contributed by atoms with Crippen molar-refractivity contribution in [2.75, 3.05) is 5.32 Å². The third-order valence-corrected chi connectivity index (χ3v) is 5.49. The van der Waals surface area contributed by atoms with Crippen molar-refractivity contribution >= 4 is 64.1 Å². The largest absolute Gasteiger partial charge is 0.488 e. The summed E-state index contributed by atoms with van der Waals surface area (Å²) in [6.07, 6.45) is 1.45. The van der Waals surface area contributed by atoms with Crippen LogP contribution in [0.4, 0.5) is 5.69 Å². The summed E-state index contributed by atoms with van der Waals surface area (Å²) in [6.45, 7) is 0.193. The van der Waals surface area contributed by atoms with E-state index in [9.17, 15) is 10.1 Å². The van der Waals surface area contributed by atoms with Crippen LogP contribution in [0.25, 0.3) is 6.08 Å². The number of carbonyl (C=O) groups is 1. The molecule has 3 aromatic rings. The van der Waals surface area contributed by atoms with Crippen molar-refractivity contribution in [3.8, 4) is 11.8 Å². The van der Waals surface area contributed by atoms with Gasteiger partial charge in [-0.2, -0.15) is 5.26 Å². The molecule has 0 radical (unpaired) electrons. The van der Waals surface area contributed by atoms with Gasteiger partial charge < -0.3 is 10.1 Å². The van der Waals surface area contributed by atoms with Crippen molar-refractivity contribution in [3.63, 3.8) is 0 Å². The molecule has 0 aromatic heterocycles. The molecule has 156 valence electrons. The quantitative estimate of drug-likeness (QED) is 0.288. The van der Waals surface area contributed by atoms with Crippen LogP contribution in [0, 0.1) is 11.3 Å². The molecule has 1 N–H and O–H groups in total. The molecule has 0 fully saturated rings. The van der Waals surface area contributed by atoms with Gasteiger partial charge in [-0.3, -0.25) is 4.79 Å². The topological polar surface area (TPSA) is 62.1 Å². The van der Waals surface area contributed by atoms with Crippen molar-refractivity contribution in [3.05, 3.63) is 97.5 Å². The highest BCUT2D eigenvalue weighted by atomic mass is 35.5. The van der Waals surface area contributed by atoms with Gasteiger partial charge in [0.25, 0.3) is 5.91 Å². The Bertz CT molecular complexity index is 1200. The average molecular weight is 492 g/mol. The molecular weight excluding hydrogens is 478 g/mol. The van der Waals surface area contributed by atoms with Gasteiger partial charge in [-0.05, 0) is 42.5 Å². The second kappa shape index (κ2) is 10.6. The van der Waals surface area contributed by atoms with Crippen LogP contribution in [0.2, 0.25) is 20.1 Å². The standard InChI is InChI=1S/C23H14Cl4N2O2/c24-17-6-5-15(20(26)10-17)13-31-22-4-2-1-3-14(22)9-16(12-28)23(30)29-18-7-8-19(25)21(27)11-18/h1-11H,13H2,(H,29,30)/b16-9+. The molecule has 3 aromatic carbocycles. The monoisotopic (exact) mass is 490 g/mol. The fourth-order valence-corrected chi connectivity index (χ4v) is 3.36. The minimum Gasteiger partial charge on any atom is -0.488 e. The van der Waals surface area contributed by atoms with Crippen LogP contribution in [0.15, 0.2) is 66.2 Å².